The Morgan fingerprint density at radius 1 is 1.42 bits per heavy atom. The third-order valence-corrected chi connectivity index (χ3v) is 1.07. The van der Waals surface area contributed by atoms with Crippen LogP contribution in [0.15, 0.2) is 30.3 Å². The molecule has 0 aliphatic carbocycles. The molecule has 0 atom stereocenters. The van der Waals surface area contributed by atoms with E-state index >= 15 is 0 Å². The number of carbonyl (C=O) groups is 1. The maximum Gasteiger partial charge on any atom is 0.403 e. The molecule has 3 nitrogen and oxygen atoms in total. The molecule has 12 heavy (non-hydrogen) atoms. The summed E-state index contributed by atoms with van der Waals surface area (Å²) >= 11 is 4.60. The van der Waals surface area contributed by atoms with Crippen molar-refractivity contribution in [3.8, 4) is 5.75 Å². The molecule has 0 aliphatic rings. The number of methoxy groups -OCH3 is 1. The van der Waals surface area contributed by atoms with E-state index in [9.17, 15) is 4.79 Å². The molecule has 4 heteroatoms. The van der Waals surface area contributed by atoms with E-state index in [0.29, 0.717) is 5.75 Å². The van der Waals surface area contributed by atoms with Gasteiger partial charge in [-0.25, -0.2) is 4.79 Å². The second kappa shape index (κ2) is 6.49. The first kappa shape index (κ1) is 10.8. The third kappa shape index (κ3) is 6.89. The fourth-order valence-electron chi connectivity index (χ4n) is 0.428. The number of carbonyl (C=O) groups excluding carboxylic acids is 1. The van der Waals surface area contributed by atoms with E-state index in [4.69, 9.17) is 5.11 Å². The fourth-order valence-corrected chi connectivity index (χ4v) is 0.428. The average molecular weight is 189 g/mol. The lowest BCUT2D eigenvalue weighted by atomic mass is 10.3. The first-order valence-corrected chi connectivity index (χ1v) is 3.52. The van der Waals surface area contributed by atoms with Crippen molar-refractivity contribution in [2.24, 2.45) is 0 Å². The minimum absolute atomic E-state index is 0.322. The van der Waals surface area contributed by atoms with Crippen LogP contribution in [0.2, 0.25) is 0 Å². The molecule has 0 spiro atoms. The number of ether oxygens (including phenoxy) is 1. The number of hydrogen-bond donors (Lipinski definition) is 1. The number of rotatable bonds is 0. The van der Waals surface area contributed by atoms with Crippen LogP contribution in [0.1, 0.15) is 0 Å². The van der Waals surface area contributed by atoms with Crippen molar-refractivity contribution < 1.29 is 14.6 Å². The van der Waals surface area contributed by atoms with Crippen molar-refractivity contribution in [2.45, 2.75) is 0 Å². The zero-order chi connectivity index (χ0) is 9.40. The predicted molar refractivity (Wildman–Crippen MR) is 46.4 cm³/mol. The van der Waals surface area contributed by atoms with Gasteiger partial charge in [-0.15, -0.1) is 0 Å². The van der Waals surface area contributed by atoms with Gasteiger partial charge in [-0.1, -0.05) is 18.2 Å². The maximum atomic E-state index is 9.36. The second-order valence-electron chi connectivity index (χ2n) is 1.78. The van der Waals surface area contributed by atoms with Gasteiger partial charge in [0.05, 0.1) is 7.11 Å². The Labute approximate surface area is 75.5 Å². The van der Waals surface area contributed by atoms with Gasteiger partial charge in [0.15, 0.2) is 0 Å². The van der Waals surface area contributed by atoms with Gasteiger partial charge in [0.25, 0.3) is 0 Å². The Balaban J connectivity index is 0.000000217. The lowest BCUT2D eigenvalue weighted by Crippen LogP contribution is -1.80. The topological polar surface area (TPSA) is 46.5 Å². The third-order valence-electron chi connectivity index (χ3n) is 0.917. The number of aromatic hydroxyl groups is 1. The molecule has 0 saturated carbocycles. The molecule has 0 radical (unpaired) electrons. The monoisotopic (exact) mass is 188 g/mol. The van der Waals surface area contributed by atoms with Gasteiger partial charge in [-0.3, -0.25) is 0 Å². The predicted octanol–water partition coefficient (Wildman–Crippen LogP) is 2.38. The molecule has 0 saturated heterocycles. The normalized spacial score (nSPS) is 7.83. The van der Waals surface area contributed by atoms with Crippen LogP contribution in [-0.2, 0) is 4.74 Å². The number of phenolic OH excluding ortho intramolecular Hbond substituents is 1. The quantitative estimate of drug-likeness (QED) is 0.636. The number of benzene rings is 1. The average Bonchev–Trinajstić information content (AvgIpc) is 2.07. The molecule has 1 aromatic carbocycles. The van der Waals surface area contributed by atoms with E-state index in [1.807, 2.05) is 6.07 Å². The van der Waals surface area contributed by atoms with Crippen LogP contribution < -0.4 is 0 Å². The number of halogens is 1. The first-order valence-electron chi connectivity index (χ1n) is 3.14. The van der Waals surface area contributed by atoms with Crippen LogP contribution >= 0.6 is 11.6 Å². The summed E-state index contributed by atoms with van der Waals surface area (Å²) in [6.07, 6.45) is 0. The zero-order valence-electron chi connectivity index (χ0n) is 6.53. The van der Waals surface area contributed by atoms with E-state index in [-0.39, 0.29) is 0 Å². The summed E-state index contributed by atoms with van der Waals surface area (Å²) in [4.78, 5) is 9.36. The van der Waals surface area contributed by atoms with E-state index in [1.165, 1.54) is 7.11 Å². The largest absolute Gasteiger partial charge is 0.508 e. The molecule has 0 heterocycles. The molecule has 0 bridgehead atoms. The van der Waals surface area contributed by atoms with Crippen molar-refractivity contribution in [2.75, 3.05) is 7.11 Å². The second-order valence-corrected chi connectivity index (χ2v) is 2.09. The van der Waals surface area contributed by atoms with Gasteiger partial charge in [0.2, 0.25) is 0 Å². The highest BCUT2D eigenvalue weighted by atomic mass is 35.5. The van der Waals surface area contributed by atoms with Crippen molar-refractivity contribution in [3.05, 3.63) is 30.3 Å². The minimum atomic E-state index is -0.773. The lowest BCUT2D eigenvalue weighted by molar-refractivity contribution is 0.198. The molecule has 0 aliphatic heterocycles. The van der Waals surface area contributed by atoms with E-state index in [1.54, 1.807) is 24.3 Å². The highest BCUT2D eigenvalue weighted by molar-refractivity contribution is 6.61. The summed E-state index contributed by atoms with van der Waals surface area (Å²) in [5.41, 5.74) is -0.773. The smallest absolute Gasteiger partial charge is 0.403 e. The summed E-state index contributed by atoms with van der Waals surface area (Å²) < 4.78 is 3.88. The van der Waals surface area contributed by atoms with Crippen LogP contribution in [0.5, 0.6) is 5.75 Å². The molecule has 66 valence electrons. The maximum absolute atomic E-state index is 9.36. The van der Waals surface area contributed by atoms with Gasteiger partial charge in [0, 0.05) is 11.6 Å². The van der Waals surface area contributed by atoms with E-state index in [2.05, 4.69) is 16.3 Å². The van der Waals surface area contributed by atoms with Crippen LogP contribution in [0.4, 0.5) is 4.79 Å². The van der Waals surface area contributed by atoms with Crippen LogP contribution in [0.3, 0.4) is 0 Å². The summed E-state index contributed by atoms with van der Waals surface area (Å²) in [5, 5.41) is 8.63. The molecule has 0 amide bonds. The molecular weight excluding hydrogens is 180 g/mol. The minimum Gasteiger partial charge on any atom is -0.508 e. The van der Waals surface area contributed by atoms with Crippen LogP contribution in [0.25, 0.3) is 0 Å². The zero-order valence-corrected chi connectivity index (χ0v) is 7.28. The van der Waals surface area contributed by atoms with Crippen molar-refractivity contribution in [1.29, 1.82) is 0 Å². The summed E-state index contributed by atoms with van der Waals surface area (Å²) in [6, 6.07) is 8.71. The molecule has 1 N–H and O–H groups in total. The SMILES string of the molecule is COC(=O)Cl.Oc1ccccc1. The number of para-hydroxylation sites is 1. The van der Waals surface area contributed by atoms with Gasteiger partial charge in [-0.2, -0.15) is 0 Å². The van der Waals surface area contributed by atoms with Gasteiger partial charge in [0.1, 0.15) is 5.75 Å². The Bertz CT molecular complexity index is 223. The number of hydrogen-bond acceptors (Lipinski definition) is 3. The molecule has 0 aromatic heterocycles. The summed E-state index contributed by atoms with van der Waals surface area (Å²) in [5.74, 6) is 0.322. The Morgan fingerprint density at radius 2 is 1.83 bits per heavy atom. The van der Waals surface area contributed by atoms with Gasteiger partial charge >= 0.3 is 5.43 Å². The molecular formula is C8H9ClO3. The Hall–Kier alpha value is -1.22. The fraction of sp³-hybridized carbons (Fsp3) is 0.125. The van der Waals surface area contributed by atoms with Gasteiger partial charge < -0.3 is 9.84 Å². The summed E-state index contributed by atoms with van der Waals surface area (Å²) in [6.45, 7) is 0. The standard InChI is InChI=1S/C6H6O.C2H3ClO2/c7-6-4-2-1-3-5-6;1-5-2(3)4/h1-5,7H;1H3. The van der Waals surface area contributed by atoms with Gasteiger partial charge in [-0.05, 0) is 12.1 Å². The Morgan fingerprint density at radius 3 is 2.00 bits per heavy atom. The Kier molecular flexibility index (Phi) is 5.83. The van der Waals surface area contributed by atoms with Crippen molar-refractivity contribution >= 4 is 17.0 Å². The number of phenols is 1. The van der Waals surface area contributed by atoms with Crippen LogP contribution in [0, 0.1) is 0 Å². The lowest BCUT2D eigenvalue weighted by Gasteiger charge is -1.82. The molecule has 0 fully saturated rings. The molecule has 0 unspecified atom stereocenters. The molecule has 1 aromatic rings. The van der Waals surface area contributed by atoms with Crippen molar-refractivity contribution in [1.82, 2.24) is 0 Å². The highest BCUT2D eigenvalue weighted by Gasteiger charge is 1.80. The van der Waals surface area contributed by atoms with E-state index in [0.717, 1.165) is 0 Å². The highest BCUT2D eigenvalue weighted by Crippen LogP contribution is 2.02. The molecule has 1 rings (SSSR count). The first-order chi connectivity index (χ1) is 5.66. The van der Waals surface area contributed by atoms with Crippen molar-refractivity contribution in [3.63, 3.8) is 0 Å². The van der Waals surface area contributed by atoms with E-state index < -0.39 is 5.43 Å². The summed E-state index contributed by atoms with van der Waals surface area (Å²) in [7, 11) is 1.22. The van der Waals surface area contributed by atoms with Crippen LogP contribution in [-0.4, -0.2) is 17.6 Å².